The molecule has 4 rings (SSSR count). The lowest BCUT2D eigenvalue weighted by Gasteiger charge is -2.09. The molecule has 1 unspecified atom stereocenters. The summed E-state index contributed by atoms with van der Waals surface area (Å²) in [7, 11) is 0. The summed E-state index contributed by atoms with van der Waals surface area (Å²) in [6.45, 7) is 2.08. The number of hydrogen-bond acceptors (Lipinski definition) is 3. The van der Waals surface area contributed by atoms with Crippen LogP contribution >= 0.6 is 0 Å². The van der Waals surface area contributed by atoms with Crippen molar-refractivity contribution in [1.82, 2.24) is 5.16 Å². The molecule has 132 valence electrons. The molecule has 0 aliphatic carbocycles. The van der Waals surface area contributed by atoms with Crippen LogP contribution in [0.1, 0.15) is 28.4 Å². The molecule has 4 aromatic rings. The zero-order chi connectivity index (χ0) is 18.5. The summed E-state index contributed by atoms with van der Waals surface area (Å²) in [5.74, 6) is 0.747. The van der Waals surface area contributed by atoms with E-state index in [-0.39, 0.29) is 6.04 Å². The van der Waals surface area contributed by atoms with Crippen molar-refractivity contribution in [2.75, 3.05) is 0 Å². The van der Waals surface area contributed by atoms with Crippen molar-refractivity contribution in [3.8, 4) is 11.3 Å². The number of aliphatic imine (C=N–C) groups is 1. The molecule has 0 fully saturated rings. The number of aromatic nitrogens is 1. The van der Waals surface area contributed by atoms with E-state index in [4.69, 9.17) is 9.52 Å². The van der Waals surface area contributed by atoms with Crippen LogP contribution in [-0.4, -0.2) is 11.4 Å². The molecule has 0 spiro atoms. The molecule has 3 nitrogen and oxygen atoms in total. The molecular formula is C24H20N2O. The van der Waals surface area contributed by atoms with Gasteiger partial charge in [-0.15, -0.1) is 0 Å². The first kappa shape index (κ1) is 17.0. The summed E-state index contributed by atoms with van der Waals surface area (Å²) in [5.41, 5.74) is 5.16. The number of nitrogens with zero attached hydrogens (tertiary/aromatic N) is 2. The molecule has 3 aromatic carbocycles. The third kappa shape index (κ3) is 4.04. The Morgan fingerprint density at radius 3 is 2.33 bits per heavy atom. The van der Waals surface area contributed by atoms with Gasteiger partial charge in [-0.1, -0.05) is 95.6 Å². The van der Waals surface area contributed by atoms with Crippen LogP contribution in [0.4, 0.5) is 0 Å². The molecule has 3 heteroatoms. The maximum absolute atomic E-state index is 5.60. The highest BCUT2D eigenvalue weighted by Crippen LogP contribution is 2.29. The molecule has 1 heterocycles. The van der Waals surface area contributed by atoms with Gasteiger partial charge in [0.1, 0.15) is 11.7 Å². The molecule has 0 N–H and O–H groups in total. The van der Waals surface area contributed by atoms with Crippen molar-refractivity contribution < 1.29 is 4.52 Å². The largest absolute Gasteiger partial charge is 0.356 e. The summed E-state index contributed by atoms with van der Waals surface area (Å²) < 4.78 is 5.60. The first-order valence-electron chi connectivity index (χ1n) is 8.96. The third-order valence-electron chi connectivity index (χ3n) is 4.40. The fraction of sp³-hybridized carbons (Fsp3) is 0.0833. The molecular weight excluding hydrogens is 332 g/mol. The number of benzene rings is 3. The van der Waals surface area contributed by atoms with Gasteiger partial charge in [-0.3, -0.25) is 4.99 Å². The van der Waals surface area contributed by atoms with E-state index >= 15 is 0 Å². The van der Waals surface area contributed by atoms with E-state index in [0.29, 0.717) is 0 Å². The second kappa shape index (κ2) is 7.83. The minimum absolute atomic E-state index is 0.215. The van der Waals surface area contributed by atoms with Crippen LogP contribution < -0.4 is 0 Å². The van der Waals surface area contributed by atoms with E-state index in [1.165, 1.54) is 5.56 Å². The quantitative estimate of drug-likeness (QED) is 0.422. The van der Waals surface area contributed by atoms with Crippen molar-refractivity contribution in [3.63, 3.8) is 0 Å². The van der Waals surface area contributed by atoms with Crippen LogP contribution in [-0.2, 0) is 0 Å². The van der Waals surface area contributed by atoms with Gasteiger partial charge in [0.2, 0.25) is 0 Å². The lowest BCUT2D eigenvalue weighted by molar-refractivity contribution is 0.420. The molecule has 0 radical (unpaired) electrons. The first-order chi connectivity index (χ1) is 13.3. The van der Waals surface area contributed by atoms with Crippen LogP contribution in [0.3, 0.4) is 0 Å². The van der Waals surface area contributed by atoms with Gasteiger partial charge < -0.3 is 4.52 Å². The summed E-state index contributed by atoms with van der Waals surface area (Å²) in [4.78, 5) is 4.84. The van der Waals surface area contributed by atoms with E-state index < -0.39 is 0 Å². The maximum Gasteiger partial charge on any atom is 0.167 e. The van der Waals surface area contributed by atoms with Gasteiger partial charge in [-0.05, 0) is 18.1 Å². The highest BCUT2D eigenvalue weighted by molar-refractivity contribution is 5.80. The summed E-state index contributed by atoms with van der Waals surface area (Å²) in [6.07, 6.45) is 1.90. The second-order valence-corrected chi connectivity index (χ2v) is 6.49. The minimum atomic E-state index is -0.215. The van der Waals surface area contributed by atoms with Crippen LogP contribution in [0, 0.1) is 6.92 Å². The van der Waals surface area contributed by atoms with E-state index in [1.807, 2.05) is 66.9 Å². The van der Waals surface area contributed by atoms with Crippen molar-refractivity contribution in [2.24, 2.45) is 4.99 Å². The fourth-order valence-electron chi connectivity index (χ4n) is 3.04. The van der Waals surface area contributed by atoms with Crippen molar-refractivity contribution in [3.05, 3.63) is 113 Å². The molecule has 0 aliphatic heterocycles. The number of rotatable bonds is 5. The number of aryl methyl sites for hydroxylation is 1. The predicted octanol–water partition coefficient (Wildman–Crippen LogP) is 5.86. The number of hydrogen-bond donors (Lipinski definition) is 0. The average molecular weight is 352 g/mol. The van der Waals surface area contributed by atoms with Gasteiger partial charge in [-0.2, -0.15) is 0 Å². The molecule has 1 aromatic heterocycles. The molecule has 0 amide bonds. The molecule has 1 atom stereocenters. The normalized spacial score (nSPS) is 12.3. The summed E-state index contributed by atoms with van der Waals surface area (Å²) >= 11 is 0. The smallest absolute Gasteiger partial charge is 0.167 e. The minimum Gasteiger partial charge on any atom is -0.356 e. The monoisotopic (exact) mass is 352 g/mol. The van der Waals surface area contributed by atoms with Gasteiger partial charge in [-0.25, -0.2) is 0 Å². The van der Waals surface area contributed by atoms with E-state index in [1.54, 1.807) is 0 Å². The Morgan fingerprint density at radius 2 is 1.59 bits per heavy atom. The summed E-state index contributed by atoms with van der Waals surface area (Å²) in [5, 5.41) is 4.31. The Balaban J connectivity index is 1.70. The lowest BCUT2D eigenvalue weighted by atomic mass is 10.0. The fourth-order valence-corrected chi connectivity index (χ4v) is 3.04. The zero-order valence-electron chi connectivity index (χ0n) is 15.1. The van der Waals surface area contributed by atoms with Gasteiger partial charge in [0.05, 0.1) is 0 Å². The predicted molar refractivity (Wildman–Crippen MR) is 109 cm³/mol. The van der Waals surface area contributed by atoms with E-state index in [0.717, 1.165) is 28.1 Å². The third-order valence-corrected chi connectivity index (χ3v) is 4.40. The highest BCUT2D eigenvalue weighted by Gasteiger charge is 2.18. The molecule has 0 saturated carbocycles. The Hall–Kier alpha value is -3.46. The lowest BCUT2D eigenvalue weighted by Crippen LogP contribution is -1.99. The standard InChI is InChI=1S/C24H20N2O/c1-18-9-8-10-19(15-18)17-25-24(21-13-6-3-7-14-21)22-16-23(27-26-22)20-11-4-2-5-12-20/h2-17,24H,1H3. The second-order valence-electron chi connectivity index (χ2n) is 6.49. The van der Waals surface area contributed by atoms with Crippen LogP contribution in [0.15, 0.2) is 101 Å². The summed E-state index contributed by atoms with van der Waals surface area (Å²) in [6, 6.07) is 30.2. The van der Waals surface area contributed by atoms with Gasteiger partial charge in [0.25, 0.3) is 0 Å². The van der Waals surface area contributed by atoms with E-state index in [2.05, 4.69) is 42.4 Å². The van der Waals surface area contributed by atoms with Gasteiger partial charge in [0, 0.05) is 17.8 Å². The highest BCUT2D eigenvalue weighted by atomic mass is 16.5. The van der Waals surface area contributed by atoms with E-state index in [9.17, 15) is 0 Å². The molecule has 27 heavy (non-hydrogen) atoms. The Labute approximate surface area is 159 Å². The van der Waals surface area contributed by atoms with Crippen molar-refractivity contribution in [1.29, 1.82) is 0 Å². The SMILES string of the molecule is Cc1cccc(C=NC(c2ccccc2)c2cc(-c3ccccc3)on2)c1. The van der Waals surface area contributed by atoms with Crippen LogP contribution in [0.2, 0.25) is 0 Å². The maximum atomic E-state index is 5.60. The molecule has 0 bridgehead atoms. The van der Waals surface area contributed by atoms with Crippen molar-refractivity contribution >= 4 is 6.21 Å². The van der Waals surface area contributed by atoms with Gasteiger partial charge in [0.15, 0.2) is 5.76 Å². The Bertz CT molecular complexity index is 1040. The topological polar surface area (TPSA) is 38.4 Å². The zero-order valence-corrected chi connectivity index (χ0v) is 15.1. The average Bonchev–Trinajstić information content (AvgIpc) is 3.20. The molecule has 0 aliphatic rings. The Kier molecular flexibility index (Phi) is 4.93. The Morgan fingerprint density at radius 1 is 0.852 bits per heavy atom. The van der Waals surface area contributed by atoms with Crippen molar-refractivity contribution in [2.45, 2.75) is 13.0 Å². The van der Waals surface area contributed by atoms with Gasteiger partial charge >= 0.3 is 0 Å². The van der Waals surface area contributed by atoms with Crippen LogP contribution in [0.25, 0.3) is 11.3 Å². The first-order valence-corrected chi connectivity index (χ1v) is 8.96. The molecule has 0 saturated heterocycles. The van der Waals surface area contributed by atoms with Crippen LogP contribution in [0.5, 0.6) is 0 Å².